The zero-order valence-corrected chi connectivity index (χ0v) is 15.2. The van der Waals surface area contributed by atoms with Crippen LogP contribution in [0.2, 0.25) is 0 Å². The lowest BCUT2D eigenvalue weighted by Crippen LogP contribution is -2.27. The van der Waals surface area contributed by atoms with Crippen molar-refractivity contribution in [2.75, 3.05) is 25.5 Å². The number of amides is 1. The maximum atomic E-state index is 12.4. The van der Waals surface area contributed by atoms with E-state index in [1.165, 1.54) is 12.1 Å². The second kappa shape index (κ2) is 7.88. The highest BCUT2D eigenvalue weighted by molar-refractivity contribution is 7.91. The van der Waals surface area contributed by atoms with Gasteiger partial charge < -0.3 is 14.8 Å². The lowest BCUT2D eigenvalue weighted by atomic mass is 10.2. The van der Waals surface area contributed by atoms with E-state index in [-0.39, 0.29) is 23.0 Å². The number of benzene rings is 1. The number of nitrogens with one attached hydrogen (secondary N) is 1. The predicted octanol–water partition coefficient (Wildman–Crippen LogP) is 2.04. The van der Waals surface area contributed by atoms with E-state index in [9.17, 15) is 13.2 Å². The molecule has 134 valence electrons. The van der Waals surface area contributed by atoms with Crippen molar-refractivity contribution >= 4 is 27.1 Å². The highest BCUT2D eigenvalue weighted by Crippen LogP contribution is 2.32. The molecule has 0 saturated heterocycles. The summed E-state index contributed by atoms with van der Waals surface area (Å²) < 4.78 is 35.6. The first kappa shape index (κ1) is 17.8. The molecule has 1 amide bonds. The van der Waals surface area contributed by atoms with Gasteiger partial charge in [-0.2, -0.15) is 11.3 Å². The Balaban J connectivity index is 1.52. The SMILES string of the molecule is O=C(CCS(=O)(=O)c1ccc2c(c1)OCCO2)NCCc1ccsc1. The summed E-state index contributed by atoms with van der Waals surface area (Å²) in [6, 6.07) is 6.53. The molecular weight excluding hydrogens is 362 g/mol. The standard InChI is InChI=1S/C17H19NO5S2/c19-17(18-6-3-13-4-9-24-12-13)5-10-25(20,21)14-1-2-15-16(11-14)23-8-7-22-15/h1-2,4,9,11-12H,3,5-8,10H2,(H,18,19). The molecule has 6 nitrogen and oxygen atoms in total. The molecule has 2 aromatic rings. The molecule has 1 N–H and O–H groups in total. The van der Waals surface area contributed by atoms with Crippen LogP contribution in [0.4, 0.5) is 0 Å². The van der Waals surface area contributed by atoms with Gasteiger partial charge in [-0.15, -0.1) is 0 Å². The van der Waals surface area contributed by atoms with Crippen LogP contribution in [-0.4, -0.2) is 39.8 Å². The minimum Gasteiger partial charge on any atom is -0.486 e. The van der Waals surface area contributed by atoms with Crippen LogP contribution in [0.25, 0.3) is 0 Å². The van der Waals surface area contributed by atoms with Crippen molar-refractivity contribution in [2.24, 2.45) is 0 Å². The summed E-state index contributed by atoms with van der Waals surface area (Å²) in [6.45, 7) is 1.34. The third-order valence-electron chi connectivity index (χ3n) is 3.79. The molecule has 1 aliphatic rings. The highest BCUT2D eigenvalue weighted by Gasteiger charge is 2.20. The number of carbonyl (C=O) groups is 1. The van der Waals surface area contributed by atoms with Gasteiger partial charge in [-0.05, 0) is 40.9 Å². The van der Waals surface area contributed by atoms with E-state index < -0.39 is 9.84 Å². The van der Waals surface area contributed by atoms with Crippen LogP contribution in [0.15, 0.2) is 39.9 Å². The maximum Gasteiger partial charge on any atom is 0.221 e. The van der Waals surface area contributed by atoms with Gasteiger partial charge in [0.05, 0.1) is 10.6 Å². The molecule has 0 unspecified atom stereocenters. The van der Waals surface area contributed by atoms with Crippen molar-refractivity contribution in [3.05, 3.63) is 40.6 Å². The average Bonchev–Trinajstić information content (AvgIpc) is 3.13. The van der Waals surface area contributed by atoms with Gasteiger partial charge in [0.2, 0.25) is 5.91 Å². The molecule has 0 atom stereocenters. The quantitative estimate of drug-likeness (QED) is 0.794. The molecule has 2 heterocycles. The Bertz CT molecular complexity index is 831. The van der Waals surface area contributed by atoms with Crippen LogP contribution in [0.3, 0.4) is 0 Å². The number of carbonyl (C=O) groups excluding carboxylic acids is 1. The van der Waals surface area contributed by atoms with Crippen LogP contribution in [-0.2, 0) is 21.1 Å². The molecule has 8 heteroatoms. The van der Waals surface area contributed by atoms with Crippen molar-refractivity contribution in [2.45, 2.75) is 17.7 Å². The first-order chi connectivity index (χ1) is 12.0. The van der Waals surface area contributed by atoms with Crippen LogP contribution in [0.1, 0.15) is 12.0 Å². The van der Waals surface area contributed by atoms with Crippen LogP contribution in [0.5, 0.6) is 11.5 Å². The second-order valence-corrected chi connectivity index (χ2v) is 8.50. The molecule has 1 aliphatic heterocycles. The summed E-state index contributed by atoms with van der Waals surface area (Å²) in [5, 5.41) is 6.76. The molecule has 25 heavy (non-hydrogen) atoms. The molecule has 1 aromatic heterocycles. The minimum atomic E-state index is -3.55. The lowest BCUT2D eigenvalue weighted by Gasteiger charge is -2.18. The molecule has 1 aromatic carbocycles. The lowest BCUT2D eigenvalue weighted by molar-refractivity contribution is -0.120. The van der Waals surface area contributed by atoms with E-state index in [0.717, 1.165) is 12.0 Å². The Kier molecular flexibility index (Phi) is 5.60. The smallest absolute Gasteiger partial charge is 0.221 e. The van der Waals surface area contributed by atoms with E-state index in [2.05, 4.69) is 5.32 Å². The highest BCUT2D eigenvalue weighted by atomic mass is 32.2. The van der Waals surface area contributed by atoms with Gasteiger partial charge in [-0.25, -0.2) is 8.42 Å². The Morgan fingerprint density at radius 3 is 2.72 bits per heavy atom. The number of rotatable bonds is 7. The van der Waals surface area contributed by atoms with Crippen molar-refractivity contribution in [3.63, 3.8) is 0 Å². The van der Waals surface area contributed by atoms with Gasteiger partial charge in [0.1, 0.15) is 13.2 Å². The zero-order valence-electron chi connectivity index (χ0n) is 13.6. The number of fused-ring (bicyclic) bond motifs is 1. The van der Waals surface area contributed by atoms with Gasteiger partial charge in [0.25, 0.3) is 0 Å². The summed E-state index contributed by atoms with van der Waals surface area (Å²) in [5.41, 5.74) is 1.16. The summed E-state index contributed by atoms with van der Waals surface area (Å²) in [5.74, 6) is 0.456. The molecule has 0 aliphatic carbocycles. The van der Waals surface area contributed by atoms with E-state index in [1.54, 1.807) is 17.4 Å². The Morgan fingerprint density at radius 1 is 1.16 bits per heavy atom. The van der Waals surface area contributed by atoms with Crippen molar-refractivity contribution in [1.82, 2.24) is 5.32 Å². The summed E-state index contributed by atoms with van der Waals surface area (Å²) in [7, 11) is -3.55. The van der Waals surface area contributed by atoms with E-state index in [0.29, 0.717) is 31.3 Å². The predicted molar refractivity (Wildman–Crippen MR) is 95.1 cm³/mol. The monoisotopic (exact) mass is 381 g/mol. The fourth-order valence-corrected chi connectivity index (χ4v) is 4.39. The Labute approximate surface area is 150 Å². The first-order valence-electron chi connectivity index (χ1n) is 7.95. The van der Waals surface area contributed by atoms with Crippen LogP contribution < -0.4 is 14.8 Å². The van der Waals surface area contributed by atoms with E-state index >= 15 is 0 Å². The van der Waals surface area contributed by atoms with Crippen molar-refractivity contribution in [3.8, 4) is 11.5 Å². The third-order valence-corrected chi connectivity index (χ3v) is 6.23. The van der Waals surface area contributed by atoms with Crippen molar-refractivity contribution in [1.29, 1.82) is 0 Å². The minimum absolute atomic E-state index is 0.0690. The Morgan fingerprint density at radius 2 is 1.96 bits per heavy atom. The number of ether oxygens (including phenoxy) is 2. The number of thiophene rings is 1. The Hall–Kier alpha value is -2.06. The van der Waals surface area contributed by atoms with Gasteiger partial charge in [-0.1, -0.05) is 0 Å². The summed E-state index contributed by atoms with van der Waals surface area (Å²) >= 11 is 1.61. The second-order valence-electron chi connectivity index (χ2n) is 5.61. The average molecular weight is 381 g/mol. The normalized spacial score (nSPS) is 13.4. The largest absolute Gasteiger partial charge is 0.486 e. The molecule has 0 saturated carbocycles. The van der Waals surface area contributed by atoms with E-state index in [4.69, 9.17) is 9.47 Å². The number of hydrogen-bond acceptors (Lipinski definition) is 6. The fourth-order valence-electron chi connectivity index (χ4n) is 2.43. The number of hydrogen-bond donors (Lipinski definition) is 1. The summed E-state index contributed by atoms with van der Waals surface area (Å²) in [6.07, 6.45) is 0.671. The number of sulfone groups is 1. The molecule has 0 radical (unpaired) electrons. The van der Waals surface area contributed by atoms with Gasteiger partial charge in [0, 0.05) is 19.0 Å². The van der Waals surface area contributed by atoms with Gasteiger partial charge in [-0.3, -0.25) is 4.79 Å². The molecular formula is C17H19NO5S2. The maximum absolute atomic E-state index is 12.4. The van der Waals surface area contributed by atoms with Crippen LogP contribution >= 0.6 is 11.3 Å². The topological polar surface area (TPSA) is 81.7 Å². The van der Waals surface area contributed by atoms with Crippen molar-refractivity contribution < 1.29 is 22.7 Å². The molecule has 0 spiro atoms. The third kappa shape index (κ3) is 4.73. The molecule has 0 fully saturated rings. The van der Waals surface area contributed by atoms with Gasteiger partial charge >= 0.3 is 0 Å². The van der Waals surface area contributed by atoms with Gasteiger partial charge in [0.15, 0.2) is 21.3 Å². The van der Waals surface area contributed by atoms with Crippen LogP contribution in [0, 0.1) is 0 Å². The fraction of sp³-hybridized carbons (Fsp3) is 0.353. The summed E-state index contributed by atoms with van der Waals surface area (Å²) in [4.78, 5) is 12.0. The zero-order chi connectivity index (χ0) is 17.7. The molecule has 3 rings (SSSR count). The first-order valence-corrected chi connectivity index (χ1v) is 10.5. The van der Waals surface area contributed by atoms with E-state index in [1.807, 2.05) is 16.8 Å². The molecule has 0 bridgehead atoms.